The van der Waals surface area contributed by atoms with Gasteiger partial charge in [-0.3, -0.25) is 14.4 Å². The lowest BCUT2D eigenvalue weighted by Gasteiger charge is -2.35. The van der Waals surface area contributed by atoms with Crippen molar-refractivity contribution >= 4 is 17.6 Å². The van der Waals surface area contributed by atoms with E-state index in [1.165, 1.54) is 6.07 Å². The van der Waals surface area contributed by atoms with E-state index in [0.29, 0.717) is 25.2 Å². The van der Waals surface area contributed by atoms with Gasteiger partial charge >= 0.3 is 6.03 Å². The van der Waals surface area contributed by atoms with Crippen molar-refractivity contribution in [2.24, 2.45) is 12.5 Å². The van der Waals surface area contributed by atoms with Gasteiger partial charge in [-0.2, -0.15) is 5.10 Å². The first-order chi connectivity index (χ1) is 19.4. The summed E-state index contributed by atoms with van der Waals surface area (Å²) >= 11 is 0. The molecule has 0 saturated carbocycles. The average Bonchev–Trinajstić information content (AvgIpc) is 3.34. The molecule has 1 aliphatic rings. The third-order valence-corrected chi connectivity index (χ3v) is 7.55. The Morgan fingerprint density at radius 1 is 1.05 bits per heavy atom. The third kappa shape index (κ3) is 8.16. The molecule has 0 radical (unpaired) electrons. The van der Waals surface area contributed by atoms with Crippen LogP contribution < -0.4 is 10.2 Å². The lowest BCUT2D eigenvalue weighted by atomic mass is 9.92. The highest BCUT2D eigenvalue weighted by molar-refractivity contribution is 6.06. The van der Waals surface area contributed by atoms with E-state index in [1.54, 1.807) is 32.8 Å². The molecule has 8 nitrogen and oxygen atoms in total. The van der Waals surface area contributed by atoms with Crippen molar-refractivity contribution < 1.29 is 14.0 Å². The van der Waals surface area contributed by atoms with Crippen molar-refractivity contribution in [2.75, 3.05) is 37.6 Å². The number of aromatic nitrogens is 2. The zero-order chi connectivity index (χ0) is 29.7. The van der Waals surface area contributed by atoms with Crippen molar-refractivity contribution in [1.82, 2.24) is 24.9 Å². The number of hydrogen-bond donors (Lipinski definition) is 1. The minimum atomic E-state index is -0.523. The van der Waals surface area contributed by atoms with Crippen molar-refractivity contribution in [1.29, 1.82) is 0 Å². The molecule has 4 rings (SSSR count). The Morgan fingerprint density at radius 3 is 2.39 bits per heavy atom. The van der Waals surface area contributed by atoms with Crippen molar-refractivity contribution in [3.05, 3.63) is 82.4 Å². The molecular formula is C32H43FN6O2. The fourth-order valence-electron chi connectivity index (χ4n) is 5.04. The van der Waals surface area contributed by atoms with E-state index in [-0.39, 0.29) is 29.5 Å². The summed E-state index contributed by atoms with van der Waals surface area (Å²) in [5, 5.41) is 7.07. The van der Waals surface area contributed by atoms with E-state index in [4.69, 9.17) is 0 Å². The molecule has 9 heteroatoms. The topological polar surface area (TPSA) is 73.7 Å². The van der Waals surface area contributed by atoms with Crippen LogP contribution in [0.4, 0.5) is 14.9 Å². The number of urea groups is 1. The maximum absolute atomic E-state index is 15.2. The Bertz CT molecular complexity index is 1370. The Morgan fingerprint density at radius 2 is 1.78 bits per heavy atom. The number of hydrogen-bond acceptors (Lipinski definition) is 4. The number of aryl methyl sites for hydroxylation is 3. The smallest absolute Gasteiger partial charge is 0.317 e. The van der Waals surface area contributed by atoms with Crippen molar-refractivity contribution in [3.63, 3.8) is 0 Å². The van der Waals surface area contributed by atoms with Crippen LogP contribution in [0, 0.1) is 25.1 Å². The first-order valence-corrected chi connectivity index (χ1v) is 14.3. The molecule has 1 aromatic heterocycles. The van der Waals surface area contributed by atoms with Crippen molar-refractivity contribution in [2.45, 2.75) is 54.1 Å². The number of rotatable bonds is 8. The van der Waals surface area contributed by atoms with Gasteiger partial charge in [0, 0.05) is 68.3 Å². The molecule has 3 amide bonds. The number of carbonyl (C=O) groups is 2. The summed E-state index contributed by atoms with van der Waals surface area (Å²) < 4.78 is 16.9. The minimum Gasteiger partial charge on any atom is -0.334 e. The van der Waals surface area contributed by atoms with Crippen LogP contribution in [0.3, 0.4) is 0 Å². The van der Waals surface area contributed by atoms with E-state index < -0.39 is 5.82 Å². The fraction of sp³-hybridized carbons (Fsp3) is 0.469. The normalized spacial score (nSPS) is 14.3. The van der Waals surface area contributed by atoms with Gasteiger partial charge in [0.15, 0.2) is 0 Å². The number of carbonyl (C=O) groups excluding carboxylic acids is 2. The van der Waals surface area contributed by atoms with Gasteiger partial charge in [0.2, 0.25) is 0 Å². The van der Waals surface area contributed by atoms with Gasteiger partial charge in [-0.25, -0.2) is 9.18 Å². The van der Waals surface area contributed by atoms with E-state index in [1.807, 2.05) is 45.3 Å². The average molecular weight is 563 g/mol. The van der Waals surface area contributed by atoms with Crippen LogP contribution in [0.1, 0.15) is 59.8 Å². The summed E-state index contributed by atoms with van der Waals surface area (Å²) in [7, 11) is 1.83. The predicted octanol–water partition coefficient (Wildman–Crippen LogP) is 5.29. The minimum absolute atomic E-state index is 0.0554. The molecule has 1 N–H and O–H groups in total. The van der Waals surface area contributed by atoms with Crippen LogP contribution in [-0.4, -0.2) is 64.2 Å². The number of benzene rings is 2. The summed E-state index contributed by atoms with van der Waals surface area (Å²) in [5.41, 5.74) is 4.56. The quantitative estimate of drug-likeness (QED) is 0.405. The summed E-state index contributed by atoms with van der Waals surface area (Å²) in [4.78, 5) is 32.3. The monoisotopic (exact) mass is 562 g/mol. The van der Waals surface area contributed by atoms with Crippen LogP contribution >= 0.6 is 0 Å². The second-order valence-electron chi connectivity index (χ2n) is 12.3. The maximum Gasteiger partial charge on any atom is 0.317 e. The Labute approximate surface area is 243 Å². The Kier molecular flexibility index (Phi) is 9.48. The van der Waals surface area contributed by atoms with E-state index in [2.05, 4.69) is 36.1 Å². The Hall–Kier alpha value is -3.72. The summed E-state index contributed by atoms with van der Waals surface area (Å²) in [6, 6.07) is 10.2. The molecule has 3 aromatic rings. The molecule has 41 heavy (non-hydrogen) atoms. The highest BCUT2D eigenvalue weighted by atomic mass is 19.1. The highest BCUT2D eigenvalue weighted by Crippen LogP contribution is 2.26. The van der Waals surface area contributed by atoms with Gasteiger partial charge < -0.3 is 15.1 Å². The first-order valence-electron chi connectivity index (χ1n) is 14.3. The summed E-state index contributed by atoms with van der Waals surface area (Å²) in [6.45, 7) is 15.0. The zero-order valence-electron chi connectivity index (χ0n) is 25.2. The van der Waals surface area contributed by atoms with Crippen LogP contribution in [0.25, 0.3) is 0 Å². The van der Waals surface area contributed by atoms with Gasteiger partial charge in [0.05, 0.1) is 12.7 Å². The molecule has 220 valence electrons. The number of anilines is 1. The van der Waals surface area contributed by atoms with E-state index in [9.17, 15) is 9.59 Å². The zero-order valence-corrected chi connectivity index (χ0v) is 25.2. The van der Waals surface area contributed by atoms with Crippen LogP contribution in [0.2, 0.25) is 0 Å². The second kappa shape index (κ2) is 12.9. The molecule has 2 aromatic carbocycles. The lowest BCUT2D eigenvalue weighted by Crippen LogP contribution is -2.52. The molecule has 1 aliphatic heterocycles. The summed E-state index contributed by atoms with van der Waals surface area (Å²) in [5.74, 6) is -0.829. The van der Waals surface area contributed by atoms with Crippen LogP contribution in [-0.2, 0) is 20.1 Å². The third-order valence-electron chi connectivity index (χ3n) is 7.55. The van der Waals surface area contributed by atoms with Gasteiger partial charge in [-0.1, -0.05) is 44.5 Å². The molecule has 0 atom stereocenters. The Balaban J connectivity index is 1.39. The molecule has 2 heterocycles. The SMILES string of the molecule is Cc1ccc(N(Cc2cnn(C)c2)C(=O)c2ccc(CNC(=O)N3CCN(CCC(C)(C)C)CC3)c(F)c2)c(C)c1. The highest BCUT2D eigenvalue weighted by Gasteiger charge is 2.24. The molecule has 0 aliphatic carbocycles. The first kappa shape index (κ1) is 30.2. The van der Waals surface area contributed by atoms with E-state index in [0.717, 1.165) is 48.4 Å². The van der Waals surface area contributed by atoms with Crippen molar-refractivity contribution in [3.8, 4) is 0 Å². The van der Waals surface area contributed by atoms with Gasteiger partial charge in [-0.05, 0) is 56.0 Å². The standard InChI is InChI=1S/C32H43FN6O2/c1-23-7-10-29(24(2)17-23)39(22-25-19-35-36(6)21-25)30(40)26-8-9-27(28(33)18-26)20-34-31(41)38-15-13-37(14-16-38)12-11-32(3,4)5/h7-10,17-19,21H,11-16,20,22H2,1-6H3,(H,34,41). The number of nitrogens with zero attached hydrogens (tertiary/aromatic N) is 5. The molecule has 1 fully saturated rings. The number of amides is 3. The lowest BCUT2D eigenvalue weighted by molar-refractivity contribution is 0.0984. The maximum atomic E-state index is 15.2. The predicted molar refractivity (Wildman–Crippen MR) is 160 cm³/mol. The van der Waals surface area contributed by atoms with E-state index >= 15 is 4.39 Å². The van der Waals surface area contributed by atoms with Gasteiger partial charge in [0.1, 0.15) is 5.82 Å². The fourth-order valence-corrected chi connectivity index (χ4v) is 5.04. The van der Waals surface area contributed by atoms with Gasteiger partial charge in [0.25, 0.3) is 5.91 Å². The number of nitrogens with one attached hydrogen (secondary N) is 1. The summed E-state index contributed by atoms with van der Waals surface area (Å²) in [6.07, 6.45) is 4.70. The molecule has 0 bridgehead atoms. The second-order valence-corrected chi connectivity index (χ2v) is 12.3. The largest absolute Gasteiger partial charge is 0.334 e. The number of halogens is 1. The number of piperazine rings is 1. The molecular weight excluding hydrogens is 519 g/mol. The molecule has 0 unspecified atom stereocenters. The van der Waals surface area contributed by atoms with Gasteiger partial charge in [-0.15, -0.1) is 0 Å². The van der Waals surface area contributed by atoms with Crippen LogP contribution in [0.5, 0.6) is 0 Å². The molecule has 1 saturated heterocycles. The molecule has 0 spiro atoms. The van der Waals surface area contributed by atoms with Crippen LogP contribution in [0.15, 0.2) is 48.8 Å².